The van der Waals surface area contributed by atoms with Crippen molar-refractivity contribution >= 4 is 17.0 Å². The van der Waals surface area contributed by atoms with Gasteiger partial charge < -0.3 is 15.5 Å². The number of benzene rings is 1. The van der Waals surface area contributed by atoms with Gasteiger partial charge in [0, 0.05) is 23.5 Å². The van der Waals surface area contributed by atoms with E-state index >= 15 is 0 Å². The zero-order chi connectivity index (χ0) is 10.7. The summed E-state index contributed by atoms with van der Waals surface area (Å²) in [5.41, 5.74) is 7.10. The van der Waals surface area contributed by atoms with Crippen LogP contribution in [0.25, 0.3) is 10.9 Å². The molecule has 0 saturated carbocycles. The molecule has 0 radical (unpaired) electrons. The Hall–Kier alpha value is -1.97. The van der Waals surface area contributed by atoms with Gasteiger partial charge in [-0.3, -0.25) is 0 Å². The minimum atomic E-state index is -0.727. The van der Waals surface area contributed by atoms with Crippen LogP contribution in [0.3, 0.4) is 0 Å². The molecule has 1 heterocycles. The predicted octanol–water partition coefficient (Wildman–Crippen LogP) is 1.81. The smallest absolute Gasteiger partial charge is 0.404 e. The van der Waals surface area contributed by atoms with Gasteiger partial charge >= 0.3 is 6.09 Å². The summed E-state index contributed by atoms with van der Waals surface area (Å²) >= 11 is 0. The summed E-state index contributed by atoms with van der Waals surface area (Å²) in [5, 5.41) is 1.16. The first-order chi connectivity index (χ1) is 7.27. The molecule has 0 aliphatic carbocycles. The Morgan fingerprint density at radius 1 is 1.40 bits per heavy atom. The van der Waals surface area contributed by atoms with Crippen molar-refractivity contribution in [3.8, 4) is 0 Å². The number of rotatable bonds is 3. The van der Waals surface area contributed by atoms with Crippen molar-refractivity contribution in [2.75, 3.05) is 6.61 Å². The number of H-pyrrole nitrogens is 1. The SMILES string of the molecule is NC(=O)OCCc1c[nH]c2ccccc12. The number of nitrogens with one attached hydrogen (secondary N) is 1. The second-order valence-electron chi connectivity index (χ2n) is 3.28. The van der Waals surface area contributed by atoms with Gasteiger partial charge in [-0.25, -0.2) is 4.79 Å². The molecule has 4 nitrogen and oxygen atoms in total. The Labute approximate surface area is 87.0 Å². The molecular formula is C11H12N2O2. The van der Waals surface area contributed by atoms with Crippen molar-refractivity contribution in [3.63, 3.8) is 0 Å². The zero-order valence-corrected chi connectivity index (χ0v) is 8.19. The number of hydrogen-bond acceptors (Lipinski definition) is 2. The molecule has 1 aromatic carbocycles. The van der Waals surface area contributed by atoms with E-state index in [1.807, 2.05) is 30.5 Å². The Bertz CT molecular complexity index is 476. The standard InChI is InChI=1S/C11H12N2O2/c12-11(14)15-6-5-8-7-13-10-4-2-1-3-9(8)10/h1-4,7,13H,5-6H2,(H2,12,14). The topological polar surface area (TPSA) is 68.1 Å². The summed E-state index contributed by atoms with van der Waals surface area (Å²) in [5.74, 6) is 0. The summed E-state index contributed by atoms with van der Waals surface area (Å²) in [4.78, 5) is 13.5. The molecule has 78 valence electrons. The second kappa shape index (κ2) is 4.04. The number of carbonyl (C=O) groups is 1. The number of amides is 1. The molecule has 0 fully saturated rings. The van der Waals surface area contributed by atoms with Crippen LogP contribution in [-0.2, 0) is 11.2 Å². The Morgan fingerprint density at radius 3 is 3.00 bits per heavy atom. The highest BCUT2D eigenvalue weighted by molar-refractivity contribution is 5.83. The minimum Gasteiger partial charge on any atom is -0.449 e. The Balaban J connectivity index is 2.11. The van der Waals surface area contributed by atoms with Gasteiger partial charge in [0.15, 0.2) is 0 Å². The van der Waals surface area contributed by atoms with Crippen molar-refractivity contribution in [3.05, 3.63) is 36.0 Å². The van der Waals surface area contributed by atoms with Gasteiger partial charge in [0.1, 0.15) is 0 Å². The van der Waals surface area contributed by atoms with Crippen LogP contribution < -0.4 is 5.73 Å². The number of carbonyl (C=O) groups excluding carboxylic acids is 1. The van der Waals surface area contributed by atoms with E-state index < -0.39 is 6.09 Å². The number of nitrogens with two attached hydrogens (primary N) is 1. The zero-order valence-electron chi connectivity index (χ0n) is 8.19. The lowest BCUT2D eigenvalue weighted by molar-refractivity contribution is 0.158. The average Bonchev–Trinajstić information content (AvgIpc) is 2.62. The maximum Gasteiger partial charge on any atom is 0.404 e. The van der Waals surface area contributed by atoms with Gasteiger partial charge in [-0.15, -0.1) is 0 Å². The van der Waals surface area contributed by atoms with Crippen LogP contribution in [0.1, 0.15) is 5.56 Å². The lowest BCUT2D eigenvalue weighted by Gasteiger charge is -2.00. The highest BCUT2D eigenvalue weighted by atomic mass is 16.5. The molecule has 0 unspecified atom stereocenters. The predicted molar refractivity (Wildman–Crippen MR) is 57.5 cm³/mol. The minimum absolute atomic E-state index is 0.317. The van der Waals surface area contributed by atoms with Gasteiger partial charge in [-0.2, -0.15) is 0 Å². The first kappa shape index (κ1) is 9.58. The molecule has 4 heteroatoms. The number of fused-ring (bicyclic) bond motifs is 1. The molecule has 2 aromatic rings. The van der Waals surface area contributed by atoms with Gasteiger partial charge in [-0.05, 0) is 11.6 Å². The maximum absolute atomic E-state index is 10.4. The highest BCUT2D eigenvalue weighted by Crippen LogP contribution is 2.17. The van der Waals surface area contributed by atoms with Crippen molar-refractivity contribution < 1.29 is 9.53 Å². The fourth-order valence-corrected chi connectivity index (χ4v) is 1.60. The van der Waals surface area contributed by atoms with Gasteiger partial charge in [0.2, 0.25) is 0 Å². The molecule has 0 aliphatic heterocycles. The largest absolute Gasteiger partial charge is 0.449 e. The average molecular weight is 204 g/mol. The fraction of sp³-hybridized carbons (Fsp3) is 0.182. The van der Waals surface area contributed by atoms with Crippen LogP contribution in [-0.4, -0.2) is 17.7 Å². The van der Waals surface area contributed by atoms with Crippen LogP contribution in [0.4, 0.5) is 4.79 Å². The first-order valence-corrected chi connectivity index (χ1v) is 4.74. The molecule has 1 amide bonds. The number of aromatic amines is 1. The van der Waals surface area contributed by atoms with E-state index in [0.29, 0.717) is 13.0 Å². The van der Waals surface area contributed by atoms with Crippen LogP contribution >= 0.6 is 0 Å². The number of aromatic nitrogens is 1. The molecule has 0 spiro atoms. The van der Waals surface area contributed by atoms with E-state index in [-0.39, 0.29) is 0 Å². The van der Waals surface area contributed by atoms with Crippen molar-refractivity contribution in [1.82, 2.24) is 4.98 Å². The van der Waals surface area contributed by atoms with Crippen LogP contribution in [0, 0.1) is 0 Å². The first-order valence-electron chi connectivity index (χ1n) is 4.74. The Morgan fingerprint density at radius 2 is 2.20 bits per heavy atom. The molecule has 0 aliphatic rings. The fourth-order valence-electron chi connectivity index (χ4n) is 1.60. The highest BCUT2D eigenvalue weighted by Gasteiger charge is 2.03. The van der Waals surface area contributed by atoms with E-state index in [4.69, 9.17) is 5.73 Å². The normalized spacial score (nSPS) is 10.4. The van der Waals surface area contributed by atoms with Gasteiger partial charge in [-0.1, -0.05) is 18.2 Å². The molecule has 15 heavy (non-hydrogen) atoms. The summed E-state index contributed by atoms with van der Waals surface area (Å²) in [6, 6.07) is 8.00. The lowest BCUT2D eigenvalue weighted by atomic mass is 10.1. The summed E-state index contributed by atoms with van der Waals surface area (Å²) in [6.07, 6.45) is 1.87. The van der Waals surface area contributed by atoms with Crippen LogP contribution in [0.2, 0.25) is 0 Å². The van der Waals surface area contributed by atoms with E-state index in [0.717, 1.165) is 16.5 Å². The number of ether oxygens (including phenoxy) is 1. The second-order valence-corrected chi connectivity index (χ2v) is 3.28. The molecule has 2 rings (SSSR count). The summed E-state index contributed by atoms with van der Waals surface area (Å²) in [6.45, 7) is 0.317. The van der Waals surface area contributed by atoms with Gasteiger partial charge in [0.25, 0.3) is 0 Å². The monoisotopic (exact) mass is 204 g/mol. The molecular weight excluding hydrogens is 192 g/mol. The molecule has 1 aromatic heterocycles. The van der Waals surface area contributed by atoms with E-state index in [9.17, 15) is 4.79 Å². The molecule has 3 N–H and O–H groups in total. The third kappa shape index (κ3) is 2.10. The molecule has 0 saturated heterocycles. The quantitative estimate of drug-likeness (QED) is 0.800. The number of hydrogen-bond donors (Lipinski definition) is 2. The van der Waals surface area contributed by atoms with Crippen molar-refractivity contribution in [2.45, 2.75) is 6.42 Å². The third-order valence-corrected chi connectivity index (χ3v) is 2.29. The Kier molecular flexibility index (Phi) is 2.58. The number of para-hydroxylation sites is 1. The van der Waals surface area contributed by atoms with E-state index in [2.05, 4.69) is 9.72 Å². The van der Waals surface area contributed by atoms with Crippen molar-refractivity contribution in [2.24, 2.45) is 5.73 Å². The summed E-state index contributed by atoms with van der Waals surface area (Å²) < 4.78 is 4.69. The number of primary amides is 1. The van der Waals surface area contributed by atoms with E-state index in [1.165, 1.54) is 0 Å². The van der Waals surface area contributed by atoms with Gasteiger partial charge in [0.05, 0.1) is 6.61 Å². The van der Waals surface area contributed by atoms with Crippen molar-refractivity contribution in [1.29, 1.82) is 0 Å². The molecule has 0 bridgehead atoms. The van der Waals surface area contributed by atoms with Crippen LogP contribution in [0.15, 0.2) is 30.5 Å². The van der Waals surface area contributed by atoms with Crippen LogP contribution in [0.5, 0.6) is 0 Å². The lowest BCUT2D eigenvalue weighted by Crippen LogP contribution is -2.14. The maximum atomic E-state index is 10.4. The van der Waals surface area contributed by atoms with E-state index in [1.54, 1.807) is 0 Å². The molecule has 0 atom stereocenters. The summed E-state index contributed by atoms with van der Waals surface area (Å²) in [7, 11) is 0. The third-order valence-electron chi connectivity index (χ3n) is 2.29.